The summed E-state index contributed by atoms with van der Waals surface area (Å²) in [5.74, 6) is -3.95. The molecular formula is C12H12F3N3O4. The van der Waals surface area contributed by atoms with Gasteiger partial charge in [0.15, 0.2) is 0 Å². The minimum Gasteiger partial charge on any atom is -0.465 e. The molecular weight excluding hydrogens is 307 g/mol. The lowest BCUT2D eigenvalue weighted by atomic mass is 10.2. The molecule has 1 atom stereocenters. The van der Waals surface area contributed by atoms with Crippen molar-refractivity contribution in [3.8, 4) is 0 Å². The highest BCUT2D eigenvalue weighted by Crippen LogP contribution is 2.33. The Morgan fingerprint density at radius 1 is 1.55 bits per heavy atom. The largest absolute Gasteiger partial charge is 0.465 e. The van der Waals surface area contributed by atoms with Crippen LogP contribution in [0.5, 0.6) is 0 Å². The minimum atomic E-state index is -3.14. The Morgan fingerprint density at radius 3 is 2.82 bits per heavy atom. The minimum absolute atomic E-state index is 0.0630. The third-order valence-electron chi connectivity index (χ3n) is 3.31. The molecule has 2 rings (SSSR count). The maximum Gasteiger partial charge on any atom is 0.407 e. The zero-order valence-corrected chi connectivity index (χ0v) is 11.1. The summed E-state index contributed by atoms with van der Waals surface area (Å²) >= 11 is 0. The topological polar surface area (TPSA) is 95.7 Å². The van der Waals surface area contributed by atoms with Gasteiger partial charge in [-0.15, -0.1) is 0 Å². The predicted molar refractivity (Wildman–Crippen MR) is 69.6 cm³/mol. The number of benzene rings is 1. The van der Waals surface area contributed by atoms with E-state index in [1.807, 2.05) is 0 Å². The summed E-state index contributed by atoms with van der Waals surface area (Å²) in [6.07, 6.45) is -2.17. The number of hydrogen-bond acceptors (Lipinski definition) is 4. The average Bonchev–Trinajstić information content (AvgIpc) is 2.72. The molecule has 0 radical (unpaired) electrons. The van der Waals surface area contributed by atoms with Crippen molar-refractivity contribution in [1.82, 2.24) is 4.90 Å². The maximum atomic E-state index is 13.3. The van der Waals surface area contributed by atoms with Gasteiger partial charge in [-0.1, -0.05) is 0 Å². The zero-order valence-electron chi connectivity index (χ0n) is 11.1. The van der Waals surface area contributed by atoms with Crippen LogP contribution in [0.15, 0.2) is 18.2 Å². The summed E-state index contributed by atoms with van der Waals surface area (Å²) in [5.41, 5.74) is -0.612. The standard InChI is InChI=1S/C12H12F3N3O4/c13-7-1-2-9(10(3-7)18(21)22)16-5-8-4-12(14,15)6-17(8)11(19)20/h1-3,8,16H,4-6H2,(H,19,20)/t8-/m0/s1. The van der Waals surface area contributed by atoms with Gasteiger partial charge in [-0.05, 0) is 12.1 Å². The molecule has 1 saturated heterocycles. The van der Waals surface area contributed by atoms with Gasteiger partial charge in [0.25, 0.3) is 11.6 Å². The number of hydrogen-bond donors (Lipinski definition) is 2. The number of nitro benzene ring substituents is 1. The number of alkyl halides is 2. The Labute approximate surface area is 122 Å². The fraction of sp³-hybridized carbons (Fsp3) is 0.417. The SMILES string of the molecule is O=C(O)N1CC(F)(F)C[C@H]1CNc1ccc(F)cc1[N+](=O)[O-]. The van der Waals surface area contributed by atoms with Gasteiger partial charge in [-0.25, -0.2) is 18.0 Å². The summed E-state index contributed by atoms with van der Waals surface area (Å²) in [4.78, 5) is 21.5. The van der Waals surface area contributed by atoms with Crippen molar-refractivity contribution in [2.24, 2.45) is 0 Å². The van der Waals surface area contributed by atoms with Crippen LogP contribution in [0.1, 0.15) is 6.42 Å². The van der Waals surface area contributed by atoms with Crippen LogP contribution in [0.4, 0.5) is 29.3 Å². The van der Waals surface area contributed by atoms with E-state index in [1.54, 1.807) is 0 Å². The molecule has 1 aliphatic heterocycles. The van der Waals surface area contributed by atoms with Gasteiger partial charge in [0, 0.05) is 13.0 Å². The molecule has 0 saturated carbocycles. The molecule has 1 aromatic rings. The van der Waals surface area contributed by atoms with Gasteiger partial charge in [-0.3, -0.25) is 15.0 Å². The first-order valence-corrected chi connectivity index (χ1v) is 6.25. The first-order chi connectivity index (χ1) is 10.2. The summed E-state index contributed by atoms with van der Waals surface area (Å²) < 4.78 is 39.6. The van der Waals surface area contributed by atoms with Crippen molar-refractivity contribution in [2.75, 3.05) is 18.4 Å². The Kier molecular flexibility index (Phi) is 4.11. The normalized spacial score (nSPS) is 20.0. The lowest BCUT2D eigenvalue weighted by Crippen LogP contribution is -2.39. The van der Waals surface area contributed by atoms with E-state index >= 15 is 0 Å². The van der Waals surface area contributed by atoms with Crippen LogP contribution in [0, 0.1) is 15.9 Å². The number of nitrogens with zero attached hydrogens (tertiary/aromatic N) is 2. The van der Waals surface area contributed by atoms with Crippen molar-refractivity contribution >= 4 is 17.5 Å². The first kappa shape index (κ1) is 15.9. The first-order valence-electron chi connectivity index (χ1n) is 6.25. The van der Waals surface area contributed by atoms with E-state index in [-0.39, 0.29) is 12.2 Å². The molecule has 0 unspecified atom stereocenters. The third kappa shape index (κ3) is 3.38. The second kappa shape index (κ2) is 5.70. The van der Waals surface area contributed by atoms with Gasteiger partial charge < -0.3 is 10.4 Å². The van der Waals surface area contributed by atoms with Gasteiger partial charge in [0.2, 0.25) is 0 Å². The molecule has 0 bridgehead atoms. The van der Waals surface area contributed by atoms with Crippen molar-refractivity contribution < 1.29 is 28.0 Å². The van der Waals surface area contributed by atoms with E-state index in [0.717, 1.165) is 12.1 Å². The fourth-order valence-corrected chi connectivity index (χ4v) is 2.34. The van der Waals surface area contributed by atoms with Crippen LogP contribution in [0.25, 0.3) is 0 Å². The predicted octanol–water partition coefficient (Wildman–Crippen LogP) is 2.53. The number of nitrogens with one attached hydrogen (secondary N) is 1. The third-order valence-corrected chi connectivity index (χ3v) is 3.31. The summed E-state index contributed by atoms with van der Waals surface area (Å²) in [6, 6.07) is 1.75. The highest BCUT2D eigenvalue weighted by molar-refractivity contribution is 5.66. The highest BCUT2D eigenvalue weighted by atomic mass is 19.3. The molecule has 22 heavy (non-hydrogen) atoms. The summed E-state index contributed by atoms with van der Waals surface area (Å²) in [7, 11) is 0. The molecule has 10 heteroatoms. The number of carbonyl (C=O) groups is 1. The van der Waals surface area contributed by atoms with E-state index in [4.69, 9.17) is 5.11 Å². The second-order valence-corrected chi connectivity index (χ2v) is 4.92. The molecule has 1 heterocycles. The van der Waals surface area contributed by atoms with Crippen LogP contribution >= 0.6 is 0 Å². The van der Waals surface area contributed by atoms with Crippen molar-refractivity contribution in [1.29, 1.82) is 0 Å². The second-order valence-electron chi connectivity index (χ2n) is 4.92. The highest BCUT2D eigenvalue weighted by Gasteiger charge is 2.47. The molecule has 2 N–H and O–H groups in total. The summed E-state index contributed by atoms with van der Waals surface area (Å²) in [6.45, 7) is -1.16. The lowest BCUT2D eigenvalue weighted by Gasteiger charge is -2.21. The Morgan fingerprint density at radius 2 is 2.23 bits per heavy atom. The fourth-order valence-electron chi connectivity index (χ4n) is 2.34. The molecule has 1 fully saturated rings. The number of rotatable bonds is 4. The van der Waals surface area contributed by atoms with Gasteiger partial charge in [0.05, 0.1) is 23.6 Å². The van der Waals surface area contributed by atoms with Crippen molar-refractivity contribution in [2.45, 2.75) is 18.4 Å². The van der Waals surface area contributed by atoms with Gasteiger partial charge in [-0.2, -0.15) is 0 Å². The van der Waals surface area contributed by atoms with Crippen molar-refractivity contribution in [3.63, 3.8) is 0 Å². The lowest BCUT2D eigenvalue weighted by molar-refractivity contribution is -0.384. The number of halogens is 3. The molecule has 0 spiro atoms. The van der Waals surface area contributed by atoms with E-state index in [2.05, 4.69) is 5.32 Å². The maximum absolute atomic E-state index is 13.3. The molecule has 7 nitrogen and oxygen atoms in total. The van der Waals surface area contributed by atoms with Gasteiger partial charge >= 0.3 is 6.09 Å². The van der Waals surface area contributed by atoms with Gasteiger partial charge in [0.1, 0.15) is 11.5 Å². The smallest absolute Gasteiger partial charge is 0.407 e. The summed E-state index contributed by atoms with van der Waals surface area (Å²) in [5, 5.41) is 22.3. The molecule has 1 aliphatic rings. The monoisotopic (exact) mass is 319 g/mol. The quantitative estimate of drug-likeness (QED) is 0.657. The average molecular weight is 319 g/mol. The zero-order chi connectivity index (χ0) is 16.5. The molecule has 1 amide bonds. The van der Waals surface area contributed by atoms with Crippen LogP contribution in [0.2, 0.25) is 0 Å². The molecule has 120 valence electrons. The van der Waals surface area contributed by atoms with E-state index in [0.29, 0.717) is 11.0 Å². The number of likely N-dealkylation sites (tertiary alicyclic amines) is 1. The van der Waals surface area contributed by atoms with Crippen LogP contribution in [-0.4, -0.2) is 46.1 Å². The number of nitro groups is 1. The molecule has 0 aromatic heterocycles. The Bertz CT molecular complexity index is 611. The number of amides is 1. The number of anilines is 1. The van der Waals surface area contributed by atoms with E-state index < -0.39 is 47.5 Å². The van der Waals surface area contributed by atoms with Crippen LogP contribution in [0.3, 0.4) is 0 Å². The van der Waals surface area contributed by atoms with Crippen LogP contribution in [-0.2, 0) is 0 Å². The Balaban J connectivity index is 2.13. The molecule has 0 aliphatic carbocycles. The van der Waals surface area contributed by atoms with Crippen LogP contribution < -0.4 is 5.32 Å². The van der Waals surface area contributed by atoms with Crippen molar-refractivity contribution in [3.05, 3.63) is 34.1 Å². The van der Waals surface area contributed by atoms with E-state index in [1.165, 1.54) is 0 Å². The van der Waals surface area contributed by atoms with E-state index in [9.17, 15) is 28.1 Å². The molecule has 1 aromatic carbocycles. The number of carboxylic acid groups (broad SMARTS) is 1. The Hall–Kier alpha value is -2.52.